The Morgan fingerprint density at radius 1 is 1.22 bits per heavy atom. The van der Waals surface area contributed by atoms with Crippen molar-refractivity contribution in [1.29, 1.82) is 0 Å². The monoisotopic (exact) mass is 392 g/mol. The molecule has 2 rings (SSSR count). The van der Waals surface area contributed by atoms with Crippen molar-refractivity contribution in [1.82, 2.24) is 5.48 Å². The summed E-state index contributed by atoms with van der Waals surface area (Å²) in [7, 11) is -3.83. The van der Waals surface area contributed by atoms with E-state index < -0.39 is 25.4 Å². The molecular formula is C18H20N2O6S. The first-order valence-corrected chi connectivity index (χ1v) is 9.96. The lowest BCUT2D eigenvalue weighted by Gasteiger charge is -2.25. The summed E-state index contributed by atoms with van der Waals surface area (Å²) in [5.74, 6) is -1.04. The minimum Gasteiger partial charge on any atom is -0.289 e. The molecule has 0 saturated carbocycles. The van der Waals surface area contributed by atoms with E-state index in [4.69, 9.17) is 5.21 Å². The van der Waals surface area contributed by atoms with Crippen molar-refractivity contribution in [3.63, 3.8) is 0 Å². The lowest BCUT2D eigenvalue weighted by molar-refractivity contribution is -0.384. The van der Waals surface area contributed by atoms with Crippen LogP contribution in [0.2, 0.25) is 0 Å². The summed E-state index contributed by atoms with van der Waals surface area (Å²) in [5.41, 5.74) is 2.93. The Bertz CT molecular complexity index is 959. The van der Waals surface area contributed by atoms with Gasteiger partial charge in [-0.1, -0.05) is 36.4 Å². The maximum atomic E-state index is 12.0. The summed E-state index contributed by atoms with van der Waals surface area (Å²) in [5, 5.41) is 20.3. The number of aryl methyl sites for hydroxylation is 1. The van der Waals surface area contributed by atoms with Crippen molar-refractivity contribution in [2.45, 2.75) is 24.5 Å². The van der Waals surface area contributed by atoms with Crippen LogP contribution in [0.25, 0.3) is 11.1 Å². The second-order valence-electron chi connectivity index (χ2n) is 6.42. The molecule has 1 unspecified atom stereocenters. The summed E-state index contributed by atoms with van der Waals surface area (Å²) < 4.78 is 22.2. The maximum Gasteiger partial charge on any atom is 0.277 e. The number of nitrogens with one attached hydrogen (secondary N) is 1. The number of carbonyl (C=O) groups excluding carboxylic acids is 1. The molecular weight excluding hydrogens is 372 g/mol. The van der Waals surface area contributed by atoms with Gasteiger partial charge in [-0.2, -0.15) is 0 Å². The van der Waals surface area contributed by atoms with Crippen LogP contribution in [0.5, 0.6) is 0 Å². The summed E-state index contributed by atoms with van der Waals surface area (Å²) in [6.45, 7) is 1.21. The predicted molar refractivity (Wildman–Crippen MR) is 100 cm³/mol. The topological polar surface area (TPSA) is 127 Å². The summed E-state index contributed by atoms with van der Waals surface area (Å²) in [6, 6.07) is 13.5. The third-order valence-corrected chi connectivity index (χ3v) is 6.66. The quantitative estimate of drug-likeness (QED) is 0.423. The van der Waals surface area contributed by atoms with Crippen LogP contribution < -0.4 is 5.48 Å². The molecule has 8 nitrogen and oxygen atoms in total. The summed E-state index contributed by atoms with van der Waals surface area (Å²) >= 11 is 0. The number of nitro benzene ring substituents is 1. The highest BCUT2D eigenvalue weighted by Gasteiger charge is 2.43. The zero-order valence-electron chi connectivity index (χ0n) is 14.9. The first-order chi connectivity index (χ1) is 12.6. The predicted octanol–water partition coefficient (Wildman–Crippen LogP) is 2.50. The molecule has 0 fully saturated rings. The highest BCUT2D eigenvalue weighted by atomic mass is 32.2. The van der Waals surface area contributed by atoms with Crippen LogP contribution in [-0.2, 0) is 21.1 Å². The molecule has 1 amide bonds. The van der Waals surface area contributed by atoms with Crippen molar-refractivity contribution in [3.05, 3.63) is 64.2 Å². The molecule has 0 aliphatic rings. The average molecular weight is 392 g/mol. The molecule has 0 aromatic heterocycles. The molecule has 1 atom stereocenters. The van der Waals surface area contributed by atoms with E-state index in [1.165, 1.54) is 18.5 Å². The van der Waals surface area contributed by atoms with Gasteiger partial charge < -0.3 is 0 Å². The molecule has 0 spiro atoms. The molecule has 2 aromatic carbocycles. The Balaban J connectivity index is 2.36. The van der Waals surface area contributed by atoms with Gasteiger partial charge in [0.2, 0.25) is 0 Å². The lowest BCUT2D eigenvalue weighted by Crippen LogP contribution is -2.49. The van der Waals surface area contributed by atoms with Gasteiger partial charge >= 0.3 is 0 Å². The number of amides is 1. The van der Waals surface area contributed by atoms with Crippen molar-refractivity contribution >= 4 is 21.4 Å². The van der Waals surface area contributed by atoms with E-state index in [-0.39, 0.29) is 18.5 Å². The minimum atomic E-state index is -3.83. The average Bonchev–Trinajstić information content (AvgIpc) is 2.64. The Labute approximate surface area is 156 Å². The van der Waals surface area contributed by atoms with Crippen LogP contribution in [0, 0.1) is 10.1 Å². The highest BCUT2D eigenvalue weighted by molar-refractivity contribution is 7.92. The Kier molecular flexibility index (Phi) is 5.97. The first-order valence-electron chi connectivity index (χ1n) is 8.07. The third kappa shape index (κ3) is 4.32. The molecule has 0 saturated heterocycles. The van der Waals surface area contributed by atoms with Crippen LogP contribution in [0.3, 0.4) is 0 Å². The van der Waals surface area contributed by atoms with Gasteiger partial charge in [-0.3, -0.25) is 20.1 Å². The fourth-order valence-electron chi connectivity index (χ4n) is 2.71. The molecule has 27 heavy (non-hydrogen) atoms. The second kappa shape index (κ2) is 7.85. The van der Waals surface area contributed by atoms with E-state index >= 15 is 0 Å². The maximum absolute atomic E-state index is 12.0. The van der Waals surface area contributed by atoms with Crippen LogP contribution >= 0.6 is 0 Å². The van der Waals surface area contributed by atoms with Crippen LogP contribution in [0.15, 0.2) is 48.5 Å². The fraction of sp³-hybridized carbons (Fsp3) is 0.278. The van der Waals surface area contributed by atoms with E-state index in [2.05, 4.69) is 0 Å². The molecule has 0 aliphatic heterocycles. The molecule has 2 aromatic rings. The number of hydrogen-bond donors (Lipinski definition) is 2. The number of benzene rings is 2. The van der Waals surface area contributed by atoms with Gasteiger partial charge in [0, 0.05) is 12.3 Å². The first kappa shape index (κ1) is 20.5. The Morgan fingerprint density at radius 2 is 1.85 bits per heavy atom. The van der Waals surface area contributed by atoms with E-state index in [9.17, 15) is 23.3 Å². The van der Waals surface area contributed by atoms with E-state index in [0.717, 1.165) is 6.26 Å². The van der Waals surface area contributed by atoms with Crippen molar-refractivity contribution in [2.75, 3.05) is 6.26 Å². The second-order valence-corrected chi connectivity index (χ2v) is 8.86. The largest absolute Gasteiger partial charge is 0.289 e. The standard InChI is InChI=1S/C18H20N2O6S/c1-18(17(21)19-22,27(2,25)26)11-10-13-8-9-15(16(12-13)20(23)24)14-6-4-3-5-7-14/h3-9,12,22H,10-11H2,1-2H3,(H,19,21). The summed E-state index contributed by atoms with van der Waals surface area (Å²) in [6.07, 6.45) is 0.871. The van der Waals surface area contributed by atoms with Crippen molar-refractivity contribution in [2.24, 2.45) is 0 Å². The fourth-order valence-corrected chi connectivity index (χ4v) is 3.57. The molecule has 2 N–H and O–H groups in total. The minimum absolute atomic E-state index is 0.104. The molecule has 0 bridgehead atoms. The van der Waals surface area contributed by atoms with Crippen molar-refractivity contribution in [3.8, 4) is 11.1 Å². The lowest BCUT2D eigenvalue weighted by atomic mass is 9.96. The van der Waals surface area contributed by atoms with E-state index in [0.29, 0.717) is 16.7 Å². The molecule has 9 heteroatoms. The molecule has 0 heterocycles. The smallest absolute Gasteiger partial charge is 0.277 e. The third-order valence-electron chi connectivity index (χ3n) is 4.63. The van der Waals surface area contributed by atoms with Gasteiger partial charge in [0.05, 0.1) is 10.5 Å². The van der Waals surface area contributed by atoms with Gasteiger partial charge in [-0.25, -0.2) is 13.9 Å². The number of hydroxylamine groups is 1. The van der Waals surface area contributed by atoms with Gasteiger partial charge in [0.1, 0.15) is 4.75 Å². The molecule has 0 aliphatic carbocycles. The van der Waals surface area contributed by atoms with E-state index in [1.54, 1.807) is 36.4 Å². The van der Waals surface area contributed by atoms with Crippen LogP contribution in [0.1, 0.15) is 18.9 Å². The summed E-state index contributed by atoms with van der Waals surface area (Å²) in [4.78, 5) is 22.8. The Morgan fingerprint density at radius 3 is 2.37 bits per heavy atom. The molecule has 144 valence electrons. The zero-order valence-corrected chi connectivity index (χ0v) is 15.7. The van der Waals surface area contributed by atoms with Crippen LogP contribution in [0.4, 0.5) is 5.69 Å². The number of nitrogens with zero attached hydrogens (tertiary/aromatic N) is 1. The van der Waals surface area contributed by atoms with Crippen LogP contribution in [-0.4, -0.2) is 35.5 Å². The van der Waals surface area contributed by atoms with Gasteiger partial charge in [0.25, 0.3) is 11.6 Å². The SMILES string of the molecule is CC(CCc1ccc(-c2ccccc2)c([N+](=O)[O-])c1)(C(=O)NO)S(C)(=O)=O. The number of hydrogen-bond acceptors (Lipinski definition) is 6. The molecule has 0 radical (unpaired) electrons. The number of carbonyl (C=O) groups is 1. The normalized spacial score (nSPS) is 13.6. The van der Waals surface area contributed by atoms with Gasteiger partial charge in [-0.05, 0) is 37.0 Å². The number of nitro groups is 1. The van der Waals surface area contributed by atoms with Gasteiger partial charge in [0.15, 0.2) is 9.84 Å². The Hall–Kier alpha value is -2.78. The number of rotatable bonds is 7. The van der Waals surface area contributed by atoms with Crippen molar-refractivity contribution < 1.29 is 23.3 Å². The van der Waals surface area contributed by atoms with E-state index in [1.807, 2.05) is 6.07 Å². The zero-order chi connectivity index (χ0) is 20.2. The van der Waals surface area contributed by atoms with Gasteiger partial charge in [-0.15, -0.1) is 0 Å². The number of sulfone groups is 1. The highest BCUT2D eigenvalue weighted by Crippen LogP contribution is 2.32.